The number of azide groups is 1. The predicted molar refractivity (Wildman–Crippen MR) is 102 cm³/mol. The Bertz CT molecular complexity index is 822. The normalized spacial score (nSPS) is 13.5. The molecule has 8 nitrogen and oxygen atoms in total. The third-order valence-corrected chi connectivity index (χ3v) is 4.06. The summed E-state index contributed by atoms with van der Waals surface area (Å²) in [5.41, 5.74) is 9.40. The molecule has 0 amide bonds. The summed E-state index contributed by atoms with van der Waals surface area (Å²) in [5.74, 6) is -1.28. The van der Waals surface area contributed by atoms with Crippen LogP contribution in [-0.2, 0) is 9.47 Å². The summed E-state index contributed by atoms with van der Waals surface area (Å²) in [7, 11) is 0. The molecule has 1 unspecified atom stereocenters. The van der Waals surface area contributed by atoms with Gasteiger partial charge in [-0.2, -0.15) is 0 Å². The van der Waals surface area contributed by atoms with Crippen LogP contribution in [0.5, 0.6) is 0 Å². The lowest BCUT2D eigenvalue weighted by molar-refractivity contribution is -0.0503. The monoisotopic (exact) mass is 383 g/mol. The Hall–Kier alpha value is -3.35. The highest BCUT2D eigenvalue weighted by Crippen LogP contribution is 2.19. The highest BCUT2D eigenvalue weighted by Gasteiger charge is 2.34. The van der Waals surface area contributed by atoms with Crippen LogP contribution in [-0.4, -0.2) is 41.9 Å². The molecule has 0 aliphatic rings. The summed E-state index contributed by atoms with van der Waals surface area (Å²) >= 11 is 0. The fourth-order valence-corrected chi connectivity index (χ4v) is 2.60. The Morgan fingerprint density at radius 2 is 1.50 bits per heavy atom. The van der Waals surface area contributed by atoms with Crippen LogP contribution in [0.1, 0.15) is 34.1 Å². The van der Waals surface area contributed by atoms with Gasteiger partial charge in [0.15, 0.2) is 0 Å². The van der Waals surface area contributed by atoms with E-state index in [2.05, 4.69) is 10.0 Å². The maximum absolute atomic E-state index is 12.5. The average molecular weight is 383 g/mol. The highest BCUT2D eigenvalue weighted by atomic mass is 16.6. The summed E-state index contributed by atoms with van der Waals surface area (Å²) in [6.07, 6.45) is -1.78. The van der Waals surface area contributed by atoms with Crippen LogP contribution < -0.4 is 0 Å². The molecule has 2 aromatic rings. The Kier molecular flexibility index (Phi) is 8.02. The molecule has 0 bridgehead atoms. The van der Waals surface area contributed by atoms with Gasteiger partial charge in [-0.25, -0.2) is 9.59 Å². The minimum absolute atomic E-state index is 0.281. The van der Waals surface area contributed by atoms with Crippen molar-refractivity contribution >= 4 is 11.9 Å². The van der Waals surface area contributed by atoms with Crippen molar-refractivity contribution < 1.29 is 24.2 Å². The molecule has 8 heteroatoms. The van der Waals surface area contributed by atoms with Gasteiger partial charge >= 0.3 is 11.9 Å². The average Bonchev–Trinajstić information content (AvgIpc) is 2.75. The molecule has 2 rings (SSSR count). The number of hydrogen-bond donors (Lipinski definition) is 1. The first-order valence-corrected chi connectivity index (χ1v) is 8.77. The van der Waals surface area contributed by atoms with Crippen LogP contribution in [0.2, 0.25) is 0 Å². The highest BCUT2D eigenvalue weighted by molar-refractivity contribution is 5.90. The minimum Gasteiger partial charge on any atom is -0.455 e. The van der Waals surface area contributed by atoms with E-state index in [1.165, 1.54) is 0 Å². The van der Waals surface area contributed by atoms with Gasteiger partial charge in [-0.05, 0) is 36.2 Å². The Labute approximate surface area is 162 Å². The fourth-order valence-electron chi connectivity index (χ4n) is 2.60. The third kappa shape index (κ3) is 5.57. The third-order valence-electron chi connectivity index (χ3n) is 4.06. The van der Waals surface area contributed by atoms with Crippen LogP contribution in [0.15, 0.2) is 65.8 Å². The van der Waals surface area contributed by atoms with Crippen molar-refractivity contribution in [2.75, 3.05) is 6.61 Å². The molecule has 0 heterocycles. The van der Waals surface area contributed by atoms with E-state index in [0.717, 1.165) is 0 Å². The van der Waals surface area contributed by atoms with Crippen molar-refractivity contribution in [3.05, 3.63) is 82.2 Å². The molecule has 0 saturated heterocycles. The molecule has 0 aliphatic carbocycles. The summed E-state index contributed by atoms with van der Waals surface area (Å²) in [5, 5.41) is 13.1. The van der Waals surface area contributed by atoms with E-state index in [1.54, 1.807) is 67.6 Å². The van der Waals surface area contributed by atoms with E-state index in [-0.39, 0.29) is 12.0 Å². The Balaban J connectivity index is 2.26. The molecule has 0 saturated carbocycles. The van der Waals surface area contributed by atoms with Crippen molar-refractivity contribution in [3.63, 3.8) is 0 Å². The van der Waals surface area contributed by atoms with E-state index in [4.69, 9.17) is 15.0 Å². The number of carbonyl (C=O) groups excluding carboxylic acids is 2. The van der Waals surface area contributed by atoms with Crippen molar-refractivity contribution in [3.8, 4) is 0 Å². The van der Waals surface area contributed by atoms with E-state index >= 15 is 0 Å². The molecule has 0 radical (unpaired) electrons. The standard InChI is InChI=1S/C20H21N3O5/c1-2-17(27-19(25)14-9-5-3-6-10-14)18(16(13-24)22-23-21)28-20(26)15-11-7-4-8-12-15/h3-12,16-18,24H,2,13H2,1H3/t16?,17-,18+/m1/s1. The molecule has 146 valence electrons. The van der Waals surface area contributed by atoms with Gasteiger partial charge in [0, 0.05) is 4.91 Å². The number of carbonyl (C=O) groups is 2. The zero-order valence-corrected chi connectivity index (χ0v) is 15.3. The largest absolute Gasteiger partial charge is 0.455 e. The van der Waals surface area contributed by atoms with Crippen LogP contribution in [0.4, 0.5) is 0 Å². The topological polar surface area (TPSA) is 122 Å². The van der Waals surface area contributed by atoms with Gasteiger partial charge in [-0.1, -0.05) is 48.4 Å². The first kappa shape index (κ1) is 21.0. The summed E-state index contributed by atoms with van der Waals surface area (Å²) < 4.78 is 11.0. The van der Waals surface area contributed by atoms with Crippen LogP contribution >= 0.6 is 0 Å². The molecule has 1 N–H and O–H groups in total. The summed E-state index contributed by atoms with van der Waals surface area (Å²) in [6, 6.07) is 15.5. The zero-order valence-electron chi connectivity index (χ0n) is 15.3. The second-order valence-corrected chi connectivity index (χ2v) is 5.91. The quantitative estimate of drug-likeness (QED) is 0.307. The van der Waals surface area contributed by atoms with Crippen molar-refractivity contribution in [1.82, 2.24) is 0 Å². The van der Waals surface area contributed by atoms with Crippen LogP contribution in [0, 0.1) is 0 Å². The molecule has 3 atom stereocenters. The minimum atomic E-state index is -1.15. The number of ether oxygens (including phenoxy) is 2. The SMILES string of the molecule is CC[C@@H](OC(=O)c1ccccc1)[C@@H](OC(=O)c1ccccc1)C(CO)N=[N+]=[N-]. The molecule has 28 heavy (non-hydrogen) atoms. The molecule has 2 aromatic carbocycles. The van der Waals surface area contributed by atoms with Crippen LogP contribution in [0.3, 0.4) is 0 Å². The summed E-state index contributed by atoms with van der Waals surface area (Å²) in [4.78, 5) is 27.6. The Morgan fingerprint density at radius 3 is 1.93 bits per heavy atom. The van der Waals surface area contributed by atoms with Crippen molar-refractivity contribution in [2.24, 2.45) is 5.11 Å². The maximum Gasteiger partial charge on any atom is 0.338 e. The number of benzene rings is 2. The van der Waals surface area contributed by atoms with E-state index in [9.17, 15) is 14.7 Å². The number of nitrogens with zero attached hydrogens (tertiary/aromatic N) is 3. The summed E-state index contributed by atoms with van der Waals surface area (Å²) in [6.45, 7) is 1.16. The number of esters is 2. The van der Waals surface area contributed by atoms with Gasteiger partial charge in [0.25, 0.3) is 0 Å². The zero-order chi connectivity index (χ0) is 20.4. The lowest BCUT2D eigenvalue weighted by Gasteiger charge is -2.29. The second-order valence-electron chi connectivity index (χ2n) is 5.91. The van der Waals surface area contributed by atoms with Crippen LogP contribution in [0.25, 0.3) is 10.4 Å². The second kappa shape index (κ2) is 10.7. The first-order valence-electron chi connectivity index (χ1n) is 8.77. The maximum atomic E-state index is 12.5. The van der Waals surface area contributed by atoms with Gasteiger partial charge in [0.05, 0.1) is 17.7 Å². The van der Waals surface area contributed by atoms with Crippen molar-refractivity contribution in [2.45, 2.75) is 31.6 Å². The van der Waals surface area contributed by atoms with Crippen molar-refractivity contribution in [1.29, 1.82) is 0 Å². The van der Waals surface area contributed by atoms with Gasteiger partial charge < -0.3 is 14.6 Å². The van der Waals surface area contributed by atoms with E-state index < -0.39 is 36.8 Å². The number of rotatable bonds is 9. The van der Waals surface area contributed by atoms with E-state index in [0.29, 0.717) is 5.56 Å². The molecule has 0 aliphatic heterocycles. The molecular weight excluding hydrogens is 362 g/mol. The number of hydrogen-bond acceptors (Lipinski definition) is 6. The first-order chi connectivity index (χ1) is 13.6. The van der Waals surface area contributed by atoms with Gasteiger partial charge in [-0.15, -0.1) is 0 Å². The smallest absolute Gasteiger partial charge is 0.338 e. The van der Waals surface area contributed by atoms with Gasteiger partial charge in [0.1, 0.15) is 18.2 Å². The molecule has 0 spiro atoms. The van der Waals surface area contributed by atoms with E-state index in [1.807, 2.05) is 0 Å². The molecule has 0 aromatic heterocycles. The molecule has 0 fully saturated rings. The fraction of sp³-hybridized carbons (Fsp3) is 0.300. The lowest BCUT2D eigenvalue weighted by atomic mass is 10.0. The number of aliphatic hydroxyl groups excluding tert-OH is 1. The molecular formula is C20H21N3O5. The van der Waals surface area contributed by atoms with Gasteiger partial charge in [-0.3, -0.25) is 0 Å². The predicted octanol–water partition coefficient (Wildman–Crippen LogP) is 3.52. The van der Waals surface area contributed by atoms with Gasteiger partial charge in [0.2, 0.25) is 0 Å². The number of aliphatic hydroxyl groups is 1. The Morgan fingerprint density at radius 1 is 1.00 bits per heavy atom. The lowest BCUT2D eigenvalue weighted by Crippen LogP contribution is -2.44.